The summed E-state index contributed by atoms with van der Waals surface area (Å²) in [5.74, 6) is 0.739. The first kappa shape index (κ1) is 12.3. The highest BCUT2D eigenvalue weighted by atomic mass is 16.3. The minimum absolute atomic E-state index is 0.151. The molecule has 17 heavy (non-hydrogen) atoms. The molecule has 5 heteroatoms. The van der Waals surface area contributed by atoms with Crippen molar-refractivity contribution in [3.8, 4) is 0 Å². The quantitative estimate of drug-likeness (QED) is 0.755. The Labute approximate surface area is 102 Å². The van der Waals surface area contributed by atoms with Gasteiger partial charge >= 0.3 is 0 Å². The minimum Gasteiger partial charge on any atom is -0.395 e. The number of anilines is 1. The average Bonchev–Trinajstić information content (AvgIpc) is 2.28. The maximum absolute atomic E-state index is 9.10. The number of nitrogens with one attached hydrogen (secondary N) is 1. The number of aliphatic hydroxyl groups is 1. The maximum atomic E-state index is 9.10. The van der Waals surface area contributed by atoms with Crippen LogP contribution in [0.5, 0.6) is 0 Å². The molecule has 2 rings (SSSR count). The second-order valence-corrected chi connectivity index (χ2v) is 4.42. The van der Waals surface area contributed by atoms with Gasteiger partial charge in [-0.05, 0) is 26.3 Å². The lowest BCUT2D eigenvalue weighted by molar-refractivity contribution is 0.282. The van der Waals surface area contributed by atoms with E-state index in [1.54, 1.807) is 0 Å². The molecule has 0 bridgehead atoms. The van der Waals surface area contributed by atoms with E-state index in [-0.39, 0.29) is 6.61 Å². The molecular weight excluding hydrogens is 216 g/mol. The molecule has 1 aromatic rings. The molecule has 5 nitrogen and oxygen atoms in total. The fourth-order valence-electron chi connectivity index (χ4n) is 2.04. The Kier molecular flexibility index (Phi) is 4.28. The predicted octanol–water partition coefficient (Wildman–Crippen LogP) is 0.547. The molecule has 94 valence electrons. The summed E-state index contributed by atoms with van der Waals surface area (Å²) in [4.78, 5) is 10.9. The van der Waals surface area contributed by atoms with Gasteiger partial charge in [0.05, 0.1) is 6.61 Å². The van der Waals surface area contributed by atoms with Crippen LogP contribution >= 0.6 is 0 Å². The van der Waals surface area contributed by atoms with Crippen LogP contribution in [0.1, 0.15) is 24.8 Å². The van der Waals surface area contributed by atoms with Crippen LogP contribution in [0, 0.1) is 0 Å². The van der Waals surface area contributed by atoms with Gasteiger partial charge < -0.3 is 15.3 Å². The Balaban J connectivity index is 2.06. The van der Waals surface area contributed by atoms with E-state index in [1.807, 2.05) is 19.4 Å². The summed E-state index contributed by atoms with van der Waals surface area (Å²) >= 11 is 0. The zero-order chi connectivity index (χ0) is 12.1. The van der Waals surface area contributed by atoms with E-state index in [0.717, 1.165) is 18.1 Å². The lowest BCUT2D eigenvalue weighted by Gasteiger charge is -2.37. The molecule has 0 radical (unpaired) electrons. The molecule has 0 saturated heterocycles. The second kappa shape index (κ2) is 5.93. The summed E-state index contributed by atoms with van der Waals surface area (Å²) in [6, 6.07) is 0.511. The van der Waals surface area contributed by atoms with Gasteiger partial charge in [-0.1, -0.05) is 0 Å². The van der Waals surface area contributed by atoms with Crippen molar-refractivity contribution in [2.45, 2.75) is 31.8 Å². The number of rotatable bonds is 6. The smallest absolute Gasteiger partial charge is 0.225 e. The Hall–Kier alpha value is -1.20. The molecule has 0 aromatic carbocycles. The SMILES string of the molecule is CNCc1cnc(N(CCO)C2CCC2)nc1. The van der Waals surface area contributed by atoms with Crippen LogP contribution in [-0.2, 0) is 6.54 Å². The van der Waals surface area contributed by atoms with Crippen molar-refractivity contribution in [3.05, 3.63) is 18.0 Å². The van der Waals surface area contributed by atoms with Gasteiger partial charge in [0, 0.05) is 37.1 Å². The van der Waals surface area contributed by atoms with Gasteiger partial charge in [-0.15, -0.1) is 0 Å². The molecular formula is C12H20N4O. The van der Waals surface area contributed by atoms with E-state index < -0.39 is 0 Å². The highest BCUT2D eigenvalue weighted by Gasteiger charge is 2.26. The number of hydrogen-bond donors (Lipinski definition) is 2. The number of nitrogens with zero attached hydrogens (tertiary/aromatic N) is 3. The molecule has 1 aliphatic rings. The first-order chi connectivity index (χ1) is 8.35. The van der Waals surface area contributed by atoms with Crippen LogP contribution in [0.25, 0.3) is 0 Å². The Morgan fingerprint density at radius 2 is 2.12 bits per heavy atom. The van der Waals surface area contributed by atoms with Gasteiger partial charge in [0.25, 0.3) is 0 Å². The van der Waals surface area contributed by atoms with Crippen molar-refractivity contribution in [2.75, 3.05) is 25.1 Å². The van der Waals surface area contributed by atoms with Crippen molar-refractivity contribution < 1.29 is 5.11 Å². The number of aromatic nitrogens is 2. The van der Waals surface area contributed by atoms with E-state index in [4.69, 9.17) is 5.11 Å². The fraction of sp³-hybridized carbons (Fsp3) is 0.667. The van der Waals surface area contributed by atoms with E-state index >= 15 is 0 Å². The summed E-state index contributed by atoms with van der Waals surface area (Å²) < 4.78 is 0. The molecule has 2 N–H and O–H groups in total. The summed E-state index contributed by atoms with van der Waals surface area (Å²) in [7, 11) is 1.90. The molecule has 0 aliphatic heterocycles. The topological polar surface area (TPSA) is 61.3 Å². The standard InChI is InChI=1S/C12H20N4O/c1-13-7-10-8-14-12(15-9-10)16(5-6-17)11-3-2-4-11/h8-9,11,13,17H,2-7H2,1H3. The minimum atomic E-state index is 0.151. The van der Waals surface area contributed by atoms with Crippen LogP contribution < -0.4 is 10.2 Å². The van der Waals surface area contributed by atoms with Gasteiger partial charge in [0.2, 0.25) is 5.95 Å². The van der Waals surface area contributed by atoms with Crippen molar-refractivity contribution in [3.63, 3.8) is 0 Å². The average molecular weight is 236 g/mol. The monoisotopic (exact) mass is 236 g/mol. The van der Waals surface area contributed by atoms with Crippen molar-refractivity contribution in [1.82, 2.24) is 15.3 Å². The summed E-state index contributed by atoms with van der Waals surface area (Å²) in [6.07, 6.45) is 7.33. The normalized spacial score (nSPS) is 15.6. The van der Waals surface area contributed by atoms with E-state index in [1.165, 1.54) is 19.3 Å². The second-order valence-electron chi connectivity index (χ2n) is 4.42. The third kappa shape index (κ3) is 2.92. The molecule has 1 fully saturated rings. The van der Waals surface area contributed by atoms with Crippen molar-refractivity contribution in [2.24, 2.45) is 0 Å². The largest absolute Gasteiger partial charge is 0.395 e. The van der Waals surface area contributed by atoms with Gasteiger partial charge in [-0.3, -0.25) is 0 Å². The van der Waals surface area contributed by atoms with Crippen molar-refractivity contribution >= 4 is 5.95 Å². The number of hydrogen-bond acceptors (Lipinski definition) is 5. The van der Waals surface area contributed by atoms with Crippen LogP contribution in [-0.4, -0.2) is 41.3 Å². The third-order valence-corrected chi connectivity index (χ3v) is 3.19. The Bertz CT molecular complexity index is 337. The molecule has 0 unspecified atom stereocenters. The number of aliphatic hydroxyl groups excluding tert-OH is 1. The molecule has 0 amide bonds. The fourth-order valence-corrected chi connectivity index (χ4v) is 2.04. The predicted molar refractivity (Wildman–Crippen MR) is 66.9 cm³/mol. The maximum Gasteiger partial charge on any atom is 0.225 e. The molecule has 1 saturated carbocycles. The van der Waals surface area contributed by atoms with E-state index in [2.05, 4.69) is 20.2 Å². The van der Waals surface area contributed by atoms with E-state index in [0.29, 0.717) is 12.6 Å². The molecule has 0 atom stereocenters. The first-order valence-corrected chi connectivity index (χ1v) is 6.18. The third-order valence-electron chi connectivity index (χ3n) is 3.19. The molecule has 0 spiro atoms. The van der Waals surface area contributed by atoms with Crippen LogP contribution in [0.4, 0.5) is 5.95 Å². The van der Waals surface area contributed by atoms with E-state index in [9.17, 15) is 0 Å². The van der Waals surface area contributed by atoms with Crippen LogP contribution in [0.3, 0.4) is 0 Å². The molecule has 1 heterocycles. The highest BCUT2D eigenvalue weighted by Crippen LogP contribution is 2.27. The summed E-state index contributed by atoms with van der Waals surface area (Å²) in [6.45, 7) is 1.55. The van der Waals surface area contributed by atoms with Crippen LogP contribution in [0.2, 0.25) is 0 Å². The summed E-state index contributed by atoms with van der Waals surface area (Å²) in [5.41, 5.74) is 1.08. The Morgan fingerprint density at radius 1 is 1.41 bits per heavy atom. The molecule has 1 aliphatic carbocycles. The molecule has 1 aromatic heterocycles. The zero-order valence-electron chi connectivity index (χ0n) is 10.3. The summed E-state index contributed by atoms with van der Waals surface area (Å²) in [5, 5.41) is 12.2. The first-order valence-electron chi connectivity index (χ1n) is 6.18. The Morgan fingerprint density at radius 3 is 2.59 bits per heavy atom. The van der Waals surface area contributed by atoms with Gasteiger partial charge in [-0.25, -0.2) is 9.97 Å². The van der Waals surface area contributed by atoms with Gasteiger partial charge in [-0.2, -0.15) is 0 Å². The van der Waals surface area contributed by atoms with Gasteiger partial charge in [0.1, 0.15) is 0 Å². The van der Waals surface area contributed by atoms with Crippen LogP contribution in [0.15, 0.2) is 12.4 Å². The highest BCUT2D eigenvalue weighted by molar-refractivity contribution is 5.32. The zero-order valence-corrected chi connectivity index (χ0v) is 10.3. The van der Waals surface area contributed by atoms with Crippen molar-refractivity contribution in [1.29, 1.82) is 0 Å². The lowest BCUT2D eigenvalue weighted by atomic mass is 9.92. The van der Waals surface area contributed by atoms with Gasteiger partial charge in [0.15, 0.2) is 0 Å². The lowest BCUT2D eigenvalue weighted by Crippen LogP contribution is -2.42.